The number of aromatic nitrogens is 3. The lowest BCUT2D eigenvalue weighted by molar-refractivity contribution is -0.00590. The second-order valence-corrected chi connectivity index (χ2v) is 6.29. The van der Waals surface area contributed by atoms with Gasteiger partial charge < -0.3 is 14.8 Å². The topological polar surface area (TPSA) is 93.2 Å². The summed E-state index contributed by atoms with van der Waals surface area (Å²) < 4.78 is 7.14. The van der Waals surface area contributed by atoms with Crippen molar-refractivity contribution in [3.8, 4) is 0 Å². The lowest BCUT2D eigenvalue weighted by Gasteiger charge is -2.41. The average molecular weight is 326 g/mol. The van der Waals surface area contributed by atoms with E-state index in [1.165, 1.54) is 0 Å². The van der Waals surface area contributed by atoms with Crippen LogP contribution < -0.4 is 5.32 Å². The first-order valence-corrected chi connectivity index (χ1v) is 7.88. The van der Waals surface area contributed by atoms with Crippen molar-refractivity contribution in [3.05, 3.63) is 47.6 Å². The van der Waals surface area contributed by atoms with E-state index < -0.39 is 6.10 Å². The Hall–Kier alpha value is -2.67. The molecule has 0 spiro atoms. The molecule has 0 saturated heterocycles. The van der Waals surface area contributed by atoms with Crippen molar-refractivity contribution in [2.45, 2.75) is 38.5 Å². The molecular formula is C17H18N4O3. The van der Waals surface area contributed by atoms with E-state index in [0.29, 0.717) is 29.0 Å². The van der Waals surface area contributed by atoms with Crippen molar-refractivity contribution in [1.29, 1.82) is 0 Å². The maximum absolute atomic E-state index is 12.5. The molecule has 124 valence electrons. The molecule has 7 nitrogen and oxygen atoms in total. The highest BCUT2D eigenvalue weighted by Crippen LogP contribution is 2.32. The first-order chi connectivity index (χ1) is 11.5. The maximum atomic E-state index is 12.5. The van der Waals surface area contributed by atoms with E-state index in [0.717, 1.165) is 5.56 Å². The highest BCUT2D eigenvalue weighted by atomic mass is 16.3. The zero-order valence-corrected chi connectivity index (χ0v) is 13.4. The normalized spacial score (nSPS) is 23.2. The third-order valence-corrected chi connectivity index (χ3v) is 4.41. The smallest absolute Gasteiger partial charge is 0.251 e. The number of hydrogen-bond acceptors (Lipinski definition) is 5. The molecule has 2 aromatic heterocycles. The van der Waals surface area contributed by atoms with Crippen molar-refractivity contribution < 1.29 is 14.3 Å². The summed E-state index contributed by atoms with van der Waals surface area (Å²) in [6.07, 6.45) is 3.62. The van der Waals surface area contributed by atoms with Gasteiger partial charge in [0.2, 0.25) is 0 Å². The Bertz CT molecular complexity index is 914. The monoisotopic (exact) mass is 326 g/mol. The van der Waals surface area contributed by atoms with Crippen molar-refractivity contribution in [2.24, 2.45) is 0 Å². The lowest BCUT2D eigenvalue weighted by Crippen LogP contribution is -2.56. The summed E-state index contributed by atoms with van der Waals surface area (Å²) in [5.74, 6) is 0.377. The van der Waals surface area contributed by atoms with E-state index in [9.17, 15) is 9.90 Å². The molecule has 0 bridgehead atoms. The van der Waals surface area contributed by atoms with Crippen LogP contribution >= 0.6 is 0 Å². The van der Waals surface area contributed by atoms with Crippen molar-refractivity contribution in [3.63, 3.8) is 0 Å². The van der Waals surface area contributed by atoms with Crippen molar-refractivity contribution >= 4 is 17.0 Å². The quantitative estimate of drug-likeness (QED) is 0.765. The summed E-state index contributed by atoms with van der Waals surface area (Å²) in [5, 5.41) is 17.3. The highest BCUT2D eigenvalue weighted by Gasteiger charge is 2.42. The molecule has 3 atom stereocenters. The van der Waals surface area contributed by atoms with Crippen LogP contribution in [0.25, 0.3) is 11.1 Å². The molecule has 7 heteroatoms. The van der Waals surface area contributed by atoms with Gasteiger partial charge in [-0.05, 0) is 37.1 Å². The fraction of sp³-hybridized carbons (Fsp3) is 0.353. The molecule has 4 rings (SSSR count). The second-order valence-electron chi connectivity index (χ2n) is 6.29. The first kappa shape index (κ1) is 14.9. The van der Waals surface area contributed by atoms with Crippen LogP contribution in [0.3, 0.4) is 0 Å². The molecule has 1 aliphatic rings. The number of nitrogens with one attached hydrogen (secondary N) is 1. The molecule has 0 radical (unpaired) electrons. The van der Waals surface area contributed by atoms with E-state index in [1.807, 2.05) is 13.1 Å². The Morgan fingerprint density at radius 2 is 2.25 bits per heavy atom. The second kappa shape index (κ2) is 5.45. The Morgan fingerprint density at radius 3 is 2.96 bits per heavy atom. The van der Waals surface area contributed by atoms with Crippen molar-refractivity contribution in [2.75, 3.05) is 0 Å². The Morgan fingerprint density at radius 1 is 1.42 bits per heavy atom. The van der Waals surface area contributed by atoms with Gasteiger partial charge in [0.15, 0.2) is 11.5 Å². The minimum atomic E-state index is -0.504. The van der Waals surface area contributed by atoms with Crippen LogP contribution in [0.5, 0.6) is 0 Å². The number of carbonyl (C=O) groups is 1. The molecule has 1 saturated carbocycles. The number of benzene rings is 1. The number of rotatable bonds is 3. The van der Waals surface area contributed by atoms with Crippen LogP contribution in [0.15, 0.2) is 35.0 Å². The highest BCUT2D eigenvalue weighted by molar-refractivity contribution is 5.97. The molecule has 1 aliphatic carbocycles. The minimum Gasteiger partial charge on any atom is -0.441 e. The van der Waals surface area contributed by atoms with E-state index >= 15 is 0 Å². The third-order valence-electron chi connectivity index (χ3n) is 4.41. The van der Waals surface area contributed by atoms with Crippen molar-refractivity contribution in [1.82, 2.24) is 20.1 Å². The molecule has 0 unspecified atom stereocenters. The van der Waals surface area contributed by atoms with Crippen LogP contribution in [0.2, 0.25) is 0 Å². The predicted octanol–water partition coefficient (Wildman–Crippen LogP) is 1.75. The molecule has 1 aromatic carbocycles. The maximum Gasteiger partial charge on any atom is 0.251 e. The number of carbonyl (C=O) groups excluding carboxylic acids is 1. The molecule has 2 N–H and O–H groups in total. The van der Waals surface area contributed by atoms with Gasteiger partial charge in [-0.25, -0.2) is 4.98 Å². The summed E-state index contributed by atoms with van der Waals surface area (Å²) in [4.78, 5) is 16.8. The standard InChI is InChI=1S/C17H18N4O3/c1-9-7-18-21(8-9)16-13(6-14(16)22)20-17(23)11-3-4-15-12(5-11)19-10(2)24-15/h3-5,7-8,13-14,16,22H,6H2,1-2H3,(H,20,23)/t13-,14+,16+/m0/s1. The van der Waals surface area contributed by atoms with E-state index in [2.05, 4.69) is 15.4 Å². The number of aryl methyl sites for hydroxylation is 2. The van der Waals surface area contributed by atoms with Crippen LogP contribution in [0, 0.1) is 13.8 Å². The Labute approximate surface area is 138 Å². The summed E-state index contributed by atoms with van der Waals surface area (Å²) >= 11 is 0. The number of amides is 1. The number of oxazole rings is 1. The number of aliphatic hydroxyl groups is 1. The van der Waals surface area contributed by atoms with Gasteiger partial charge in [0, 0.05) is 18.7 Å². The fourth-order valence-electron chi connectivity index (χ4n) is 3.15. The summed E-state index contributed by atoms with van der Waals surface area (Å²) in [7, 11) is 0. The van der Waals surface area contributed by atoms with Gasteiger partial charge in [0.05, 0.1) is 24.4 Å². The summed E-state index contributed by atoms with van der Waals surface area (Å²) in [6, 6.07) is 4.78. The molecule has 3 aromatic rings. The number of aliphatic hydroxyl groups excluding tert-OH is 1. The SMILES string of the molecule is Cc1cnn([C@H]2[C@H](O)C[C@@H]2NC(=O)c2ccc3oc(C)nc3c2)c1. The van der Waals surface area contributed by atoms with Gasteiger partial charge >= 0.3 is 0 Å². The lowest BCUT2D eigenvalue weighted by atomic mass is 9.83. The molecule has 1 amide bonds. The number of hydrogen-bond donors (Lipinski definition) is 2. The fourth-order valence-corrected chi connectivity index (χ4v) is 3.15. The molecule has 24 heavy (non-hydrogen) atoms. The zero-order valence-electron chi connectivity index (χ0n) is 13.4. The molecular weight excluding hydrogens is 308 g/mol. The van der Waals surface area contributed by atoms with Gasteiger partial charge in [0.1, 0.15) is 5.52 Å². The van der Waals surface area contributed by atoms with E-state index in [1.54, 1.807) is 36.0 Å². The molecule has 2 heterocycles. The number of nitrogens with zero attached hydrogens (tertiary/aromatic N) is 3. The summed E-state index contributed by atoms with van der Waals surface area (Å²) in [5.41, 5.74) is 2.86. The van der Waals surface area contributed by atoms with Gasteiger partial charge in [-0.3, -0.25) is 9.48 Å². The minimum absolute atomic E-state index is 0.151. The molecule has 1 fully saturated rings. The van der Waals surface area contributed by atoms with Crippen LogP contribution in [0.4, 0.5) is 0 Å². The molecule has 0 aliphatic heterocycles. The first-order valence-electron chi connectivity index (χ1n) is 7.88. The Kier molecular flexibility index (Phi) is 3.38. The number of fused-ring (bicyclic) bond motifs is 1. The Balaban J connectivity index is 1.52. The van der Waals surface area contributed by atoms with Gasteiger partial charge in [-0.2, -0.15) is 5.10 Å². The van der Waals surface area contributed by atoms with E-state index in [4.69, 9.17) is 4.42 Å². The largest absolute Gasteiger partial charge is 0.441 e. The predicted molar refractivity (Wildman–Crippen MR) is 86.6 cm³/mol. The van der Waals surface area contributed by atoms with Gasteiger partial charge in [0.25, 0.3) is 5.91 Å². The van der Waals surface area contributed by atoms with Gasteiger partial charge in [-0.1, -0.05) is 0 Å². The third kappa shape index (κ3) is 2.46. The van der Waals surface area contributed by atoms with Crippen LogP contribution in [-0.4, -0.2) is 37.9 Å². The van der Waals surface area contributed by atoms with Crippen LogP contribution in [-0.2, 0) is 0 Å². The summed E-state index contributed by atoms with van der Waals surface area (Å²) in [6.45, 7) is 3.71. The average Bonchev–Trinajstić information content (AvgIpc) is 3.10. The van der Waals surface area contributed by atoms with E-state index in [-0.39, 0.29) is 18.0 Å². The zero-order chi connectivity index (χ0) is 16.8. The van der Waals surface area contributed by atoms with Gasteiger partial charge in [-0.15, -0.1) is 0 Å². The van der Waals surface area contributed by atoms with Crippen LogP contribution in [0.1, 0.15) is 34.3 Å².